The Morgan fingerprint density at radius 3 is 2.18 bits per heavy atom. The molecule has 1 amide bonds. The van der Waals surface area contributed by atoms with Crippen LogP contribution in [0.4, 0.5) is 4.39 Å². The van der Waals surface area contributed by atoms with Gasteiger partial charge in [0.1, 0.15) is 5.82 Å². The monoisotopic (exact) mass is 382 g/mol. The van der Waals surface area contributed by atoms with E-state index in [-0.39, 0.29) is 30.3 Å². The van der Waals surface area contributed by atoms with Gasteiger partial charge in [0.2, 0.25) is 5.91 Å². The van der Waals surface area contributed by atoms with Crippen LogP contribution in [-0.2, 0) is 17.9 Å². The number of Topliss-reactive ketones (excluding diaryl/α,β-unsaturated/α-hetero) is 1. The Labute approximate surface area is 165 Å². The number of benzene rings is 2. The predicted molar refractivity (Wildman–Crippen MR) is 107 cm³/mol. The van der Waals surface area contributed by atoms with E-state index in [4.69, 9.17) is 0 Å². The summed E-state index contributed by atoms with van der Waals surface area (Å²) in [5, 5.41) is 2.85. The van der Waals surface area contributed by atoms with Crippen molar-refractivity contribution in [3.8, 4) is 0 Å². The Morgan fingerprint density at radius 2 is 1.50 bits per heavy atom. The number of hydrogen-bond acceptors (Lipinski definition) is 3. The molecule has 3 rings (SSSR count). The molecule has 148 valence electrons. The quantitative estimate of drug-likeness (QED) is 0.700. The lowest BCUT2D eigenvalue weighted by atomic mass is 10.1. The van der Waals surface area contributed by atoms with Crippen LogP contribution in [-0.4, -0.2) is 29.7 Å². The Hall–Kier alpha value is -2.53. The second-order valence-corrected chi connectivity index (χ2v) is 7.36. The maximum absolute atomic E-state index is 12.9. The molecule has 0 aromatic heterocycles. The normalized spacial score (nSPS) is 14.6. The number of hydrogen-bond donors (Lipinski definition) is 1. The van der Waals surface area contributed by atoms with Crippen molar-refractivity contribution in [3.63, 3.8) is 0 Å². The molecule has 0 saturated carbocycles. The van der Waals surface area contributed by atoms with Crippen LogP contribution >= 0.6 is 0 Å². The molecule has 28 heavy (non-hydrogen) atoms. The molecule has 0 atom stereocenters. The van der Waals surface area contributed by atoms with Crippen molar-refractivity contribution >= 4 is 11.7 Å². The Balaban J connectivity index is 1.39. The zero-order chi connectivity index (χ0) is 19.8. The van der Waals surface area contributed by atoms with Gasteiger partial charge in [-0.2, -0.15) is 0 Å². The van der Waals surface area contributed by atoms with Crippen LogP contribution in [0.2, 0.25) is 0 Å². The molecule has 0 bridgehead atoms. The van der Waals surface area contributed by atoms with Crippen LogP contribution in [0.5, 0.6) is 0 Å². The molecule has 0 spiro atoms. The van der Waals surface area contributed by atoms with Gasteiger partial charge in [-0.1, -0.05) is 30.7 Å². The smallest absolute Gasteiger partial charge is 0.220 e. The zero-order valence-corrected chi connectivity index (χ0v) is 16.1. The molecule has 2 aromatic carbocycles. The first-order chi connectivity index (χ1) is 13.6. The summed E-state index contributed by atoms with van der Waals surface area (Å²) in [5.74, 6) is -0.693. The number of amides is 1. The van der Waals surface area contributed by atoms with Gasteiger partial charge in [-0.25, -0.2) is 4.39 Å². The molecule has 0 radical (unpaired) electrons. The first-order valence-corrected chi connectivity index (χ1v) is 9.96. The van der Waals surface area contributed by atoms with Crippen LogP contribution in [0, 0.1) is 5.82 Å². The van der Waals surface area contributed by atoms with Gasteiger partial charge >= 0.3 is 0 Å². The number of rotatable bonds is 8. The molecule has 4 nitrogen and oxygen atoms in total. The zero-order valence-electron chi connectivity index (χ0n) is 16.1. The van der Waals surface area contributed by atoms with Gasteiger partial charge in [0, 0.05) is 31.5 Å². The summed E-state index contributed by atoms with van der Waals surface area (Å²) in [6.07, 6.45) is 4.15. The molecule has 1 aliphatic rings. The second-order valence-electron chi connectivity index (χ2n) is 7.36. The van der Waals surface area contributed by atoms with E-state index in [9.17, 15) is 14.0 Å². The summed E-state index contributed by atoms with van der Waals surface area (Å²) in [7, 11) is 0. The van der Waals surface area contributed by atoms with Crippen LogP contribution in [0.1, 0.15) is 53.6 Å². The molecule has 1 N–H and O–H groups in total. The standard InChI is InChI=1S/C23H27FN2O2/c24-21-10-8-20(9-11-21)22(27)12-13-23(28)25-16-18-4-6-19(7-5-18)17-26-14-2-1-3-15-26/h4-11H,1-3,12-17H2,(H,25,28). The minimum atomic E-state index is -0.378. The fourth-order valence-corrected chi connectivity index (χ4v) is 3.43. The first-order valence-electron chi connectivity index (χ1n) is 9.96. The minimum absolute atomic E-state index is 0.117. The highest BCUT2D eigenvalue weighted by atomic mass is 19.1. The topological polar surface area (TPSA) is 49.4 Å². The van der Waals surface area contributed by atoms with E-state index in [1.165, 1.54) is 62.2 Å². The SMILES string of the molecule is O=C(CCC(=O)c1ccc(F)cc1)NCc1ccc(CN2CCCCC2)cc1. The molecule has 1 heterocycles. The van der Waals surface area contributed by atoms with Crippen LogP contribution in [0.3, 0.4) is 0 Å². The van der Waals surface area contributed by atoms with E-state index < -0.39 is 0 Å². The molecule has 1 aliphatic heterocycles. The number of nitrogens with one attached hydrogen (secondary N) is 1. The Morgan fingerprint density at radius 1 is 0.857 bits per heavy atom. The van der Waals surface area contributed by atoms with Crippen molar-refractivity contribution in [1.82, 2.24) is 10.2 Å². The maximum Gasteiger partial charge on any atom is 0.220 e. The third-order valence-electron chi connectivity index (χ3n) is 5.11. The Bertz CT molecular complexity index is 781. The van der Waals surface area contributed by atoms with Gasteiger partial charge in [-0.15, -0.1) is 0 Å². The van der Waals surface area contributed by atoms with Gasteiger partial charge in [-0.05, 0) is 61.3 Å². The highest BCUT2D eigenvalue weighted by Gasteiger charge is 2.11. The molecule has 0 aliphatic carbocycles. The summed E-state index contributed by atoms with van der Waals surface area (Å²) < 4.78 is 12.9. The summed E-state index contributed by atoms with van der Waals surface area (Å²) >= 11 is 0. The van der Waals surface area contributed by atoms with Crippen LogP contribution in [0.15, 0.2) is 48.5 Å². The minimum Gasteiger partial charge on any atom is -0.352 e. The van der Waals surface area contributed by atoms with E-state index in [0.717, 1.165) is 12.1 Å². The molecule has 1 fully saturated rings. The number of carbonyl (C=O) groups is 2. The van der Waals surface area contributed by atoms with Crippen LogP contribution < -0.4 is 5.32 Å². The molecule has 0 unspecified atom stereocenters. The lowest BCUT2D eigenvalue weighted by Gasteiger charge is -2.26. The first kappa shape index (κ1) is 20.2. The van der Waals surface area contributed by atoms with Gasteiger partial charge in [-0.3, -0.25) is 14.5 Å². The van der Waals surface area contributed by atoms with Gasteiger partial charge in [0.15, 0.2) is 5.78 Å². The Kier molecular flexibility index (Phi) is 7.31. The number of nitrogens with zero attached hydrogens (tertiary/aromatic N) is 1. The van der Waals surface area contributed by atoms with Crippen molar-refractivity contribution in [2.75, 3.05) is 13.1 Å². The molecule has 5 heteroatoms. The van der Waals surface area contributed by atoms with Crippen molar-refractivity contribution < 1.29 is 14.0 Å². The van der Waals surface area contributed by atoms with E-state index in [1.807, 2.05) is 12.1 Å². The molecule has 2 aromatic rings. The number of likely N-dealkylation sites (tertiary alicyclic amines) is 1. The summed E-state index contributed by atoms with van der Waals surface area (Å²) in [5.41, 5.74) is 2.76. The third-order valence-corrected chi connectivity index (χ3v) is 5.11. The van der Waals surface area contributed by atoms with E-state index >= 15 is 0 Å². The largest absolute Gasteiger partial charge is 0.352 e. The highest BCUT2D eigenvalue weighted by Crippen LogP contribution is 2.14. The number of carbonyl (C=O) groups excluding carboxylic acids is 2. The van der Waals surface area contributed by atoms with E-state index in [0.29, 0.717) is 12.1 Å². The van der Waals surface area contributed by atoms with Gasteiger partial charge < -0.3 is 5.32 Å². The maximum atomic E-state index is 12.9. The number of halogens is 1. The second kappa shape index (κ2) is 10.1. The highest BCUT2D eigenvalue weighted by molar-refractivity contribution is 5.97. The fraction of sp³-hybridized carbons (Fsp3) is 0.391. The molecule has 1 saturated heterocycles. The van der Waals surface area contributed by atoms with Crippen molar-refractivity contribution in [3.05, 3.63) is 71.0 Å². The van der Waals surface area contributed by atoms with Crippen molar-refractivity contribution in [1.29, 1.82) is 0 Å². The van der Waals surface area contributed by atoms with Gasteiger partial charge in [0.05, 0.1) is 0 Å². The number of piperidine rings is 1. The summed E-state index contributed by atoms with van der Waals surface area (Å²) in [6.45, 7) is 3.79. The average molecular weight is 382 g/mol. The third kappa shape index (κ3) is 6.27. The molecular weight excluding hydrogens is 355 g/mol. The average Bonchev–Trinajstić information content (AvgIpc) is 2.73. The molecular formula is C23H27FN2O2. The van der Waals surface area contributed by atoms with E-state index in [1.54, 1.807) is 0 Å². The lowest BCUT2D eigenvalue weighted by Crippen LogP contribution is -2.29. The van der Waals surface area contributed by atoms with Gasteiger partial charge in [0.25, 0.3) is 0 Å². The van der Waals surface area contributed by atoms with Crippen molar-refractivity contribution in [2.24, 2.45) is 0 Å². The number of ketones is 1. The fourth-order valence-electron chi connectivity index (χ4n) is 3.43. The summed E-state index contributed by atoms with van der Waals surface area (Å²) in [4.78, 5) is 26.5. The van der Waals surface area contributed by atoms with Crippen molar-refractivity contribution in [2.45, 2.75) is 45.2 Å². The summed E-state index contributed by atoms with van der Waals surface area (Å²) in [6, 6.07) is 13.7. The van der Waals surface area contributed by atoms with E-state index in [2.05, 4.69) is 22.3 Å². The predicted octanol–water partition coefficient (Wildman–Crippen LogP) is 4.09. The lowest BCUT2D eigenvalue weighted by molar-refractivity contribution is -0.121. The van der Waals surface area contributed by atoms with Crippen LogP contribution in [0.25, 0.3) is 0 Å².